The normalized spacial score (nSPS) is 20.3. The van der Waals surface area contributed by atoms with Crippen molar-refractivity contribution in [3.63, 3.8) is 0 Å². The summed E-state index contributed by atoms with van der Waals surface area (Å²) in [5.41, 5.74) is 1.61. The lowest BCUT2D eigenvalue weighted by atomic mass is 10.0. The number of esters is 1. The largest absolute Gasteiger partial charge is 0.461 e. The number of rotatable bonds is 3. The van der Waals surface area contributed by atoms with Crippen LogP contribution in [0.15, 0.2) is 36.4 Å². The van der Waals surface area contributed by atoms with Gasteiger partial charge in [-0.15, -0.1) is 0 Å². The molecule has 2 aromatic rings. The van der Waals surface area contributed by atoms with Gasteiger partial charge in [-0.25, -0.2) is 9.59 Å². The maximum Gasteiger partial charge on any atom is 0.369 e. The third-order valence-corrected chi connectivity index (χ3v) is 4.54. The lowest BCUT2D eigenvalue weighted by molar-refractivity contribution is -0.185. The van der Waals surface area contributed by atoms with E-state index in [-0.39, 0.29) is 5.91 Å². The van der Waals surface area contributed by atoms with E-state index in [2.05, 4.69) is 0 Å². The number of nitrogens with zero attached hydrogens (tertiary/aromatic N) is 1. The zero-order valence-corrected chi connectivity index (χ0v) is 13.5. The summed E-state index contributed by atoms with van der Waals surface area (Å²) >= 11 is 0. The van der Waals surface area contributed by atoms with Crippen LogP contribution in [0, 0.1) is 6.92 Å². The smallest absolute Gasteiger partial charge is 0.369 e. The van der Waals surface area contributed by atoms with Gasteiger partial charge in [0.15, 0.2) is 5.69 Å². The van der Waals surface area contributed by atoms with E-state index in [4.69, 9.17) is 9.57 Å². The number of carbonyl (C=O) groups is 2. The second-order valence-electron chi connectivity index (χ2n) is 5.78. The molecule has 1 aliphatic rings. The third-order valence-electron chi connectivity index (χ3n) is 4.54. The van der Waals surface area contributed by atoms with Gasteiger partial charge in [0, 0.05) is 17.4 Å². The lowest BCUT2D eigenvalue weighted by Gasteiger charge is -2.35. The van der Waals surface area contributed by atoms with Gasteiger partial charge in [-0.2, -0.15) is 4.84 Å². The summed E-state index contributed by atoms with van der Waals surface area (Å²) in [5.74, 6) is -0.634. The van der Waals surface area contributed by atoms with E-state index in [1.54, 1.807) is 0 Å². The molecule has 2 aromatic carbocycles. The molecule has 0 bridgehead atoms. The highest BCUT2D eigenvalue weighted by Gasteiger charge is 2.55. The average molecular weight is 314 g/mol. The quantitative estimate of drug-likeness (QED) is 0.496. The highest BCUT2D eigenvalue weighted by atomic mass is 16.7. The number of hydrogen-bond donors (Lipinski definition) is 0. The van der Waals surface area contributed by atoms with Gasteiger partial charge in [0.25, 0.3) is 0 Å². The molecule has 5 nitrogen and oxygen atoms in total. The summed E-state index contributed by atoms with van der Waals surface area (Å²) < 4.78 is 4.64. The first-order chi connectivity index (χ1) is 11.0. The van der Waals surface area contributed by atoms with Crippen molar-refractivity contribution in [2.45, 2.75) is 26.3 Å². The van der Waals surface area contributed by atoms with E-state index in [0.717, 1.165) is 16.3 Å². The Bertz CT molecular complexity index is 786. The Balaban J connectivity index is 2.36. The molecular formula is C18H20NO4+. The third kappa shape index (κ3) is 2.24. The standard InChI is InChI=1S/C18H20NO4/c1-12-8-9-14-6-4-5-7-15(14)17(12)19(22-3,13(2)20)16-10-11-23-18(16)21/h4-9,16H,10-11H2,1-3H3/q+1. The van der Waals surface area contributed by atoms with Crippen molar-refractivity contribution >= 4 is 28.3 Å². The Morgan fingerprint density at radius 1 is 1.26 bits per heavy atom. The predicted octanol–water partition coefficient (Wildman–Crippen LogP) is 2.88. The Kier molecular flexibility index (Phi) is 3.92. The van der Waals surface area contributed by atoms with E-state index < -0.39 is 16.7 Å². The van der Waals surface area contributed by atoms with Crippen molar-refractivity contribution in [1.82, 2.24) is 4.65 Å². The number of fused-ring (bicyclic) bond motifs is 1. The van der Waals surface area contributed by atoms with Crippen LogP contribution in [-0.2, 0) is 19.2 Å². The van der Waals surface area contributed by atoms with E-state index in [0.29, 0.717) is 18.7 Å². The molecule has 0 radical (unpaired) electrons. The van der Waals surface area contributed by atoms with Crippen LogP contribution < -0.4 is 4.65 Å². The maximum absolute atomic E-state index is 12.7. The predicted molar refractivity (Wildman–Crippen MR) is 87.5 cm³/mol. The van der Waals surface area contributed by atoms with Crippen LogP contribution in [-0.4, -0.2) is 31.6 Å². The summed E-state index contributed by atoms with van der Waals surface area (Å²) in [6.45, 7) is 3.69. The Morgan fingerprint density at radius 3 is 2.61 bits per heavy atom. The Morgan fingerprint density at radius 2 is 2.00 bits per heavy atom. The van der Waals surface area contributed by atoms with Gasteiger partial charge in [-0.3, -0.25) is 0 Å². The molecule has 0 saturated carbocycles. The number of ether oxygens (including phenoxy) is 1. The van der Waals surface area contributed by atoms with Crippen molar-refractivity contribution in [2.75, 3.05) is 13.7 Å². The molecule has 0 aliphatic carbocycles. The molecule has 2 unspecified atom stereocenters. The lowest BCUT2D eigenvalue weighted by Crippen LogP contribution is -2.61. The maximum atomic E-state index is 12.7. The van der Waals surface area contributed by atoms with Crippen molar-refractivity contribution in [2.24, 2.45) is 0 Å². The van der Waals surface area contributed by atoms with Crippen LogP contribution in [0.1, 0.15) is 18.9 Å². The van der Waals surface area contributed by atoms with Gasteiger partial charge >= 0.3 is 11.9 Å². The number of cyclic esters (lactones) is 1. The van der Waals surface area contributed by atoms with Crippen LogP contribution in [0.2, 0.25) is 0 Å². The number of quaternary nitrogens is 1. The number of benzene rings is 2. The molecule has 2 atom stereocenters. The van der Waals surface area contributed by atoms with E-state index in [9.17, 15) is 9.59 Å². The van der Waals surface area contributed by atoms with Gasteiger partial charge in [-0.05, 0) is 18.4 Å². The second kappa shape index (κ2) is 5.76. The fourth-order valence-corrected chi connectivity index (χ4v) is 3.50. The number of hydrogen-bond acceptors (Lipinski definition) is 4. The van der Waals surface area contributed by atoms with E-state index >= 15 is 0 Å². The van der Waals surface area contributed by atoms with Gasteiger partial charge < -0.3 is 4.74 Å². The highest BCUT2D eigenvalue weighted by Crippen LogP contribution is 2.40. The van der Waals surface area contributed by atoms with Crippen molar-refractivity contribution < 1.29 is 19.2 Å². The van der Waals surface area contributed by atoms with Crippen LogP contribution in [0.3, 0.4) is 0 Å². The first-order valence-corrected chi connectivity index (χ1v) is 7.63. The molecule has 1 fully saturated rings. The molecule has 5 heteroatoms. The summed E-state index contributed by atoms with van der Waals surface area (Å²) in [5, 5.41) is 1.91. The minimum absolute atomic E-state index is 0.240. The van der Waals surface area contributed by atoms with E-state index in [1.807, 2.05) is 43.3 Å². The fraction of sp³-hybridized carbons (Fsp3) is 0.333. The Hall–Kier alpha value is -2.24. The average Bonchev–Trinajstić information content (AvgIpc) is 2.97. The highest BCUT2D eigenvalue weighted by molar-refractivity contribution is 6.03. The zero-order valence-electron chi connectivity index (χ0n) is 13.5. The minimum atomic E-state index is -0.679. The first-order valence-electron chi connectivity index (χ1n) is 7.63. The molecule has 23 heavy (non-hydrogen) atoms. The van der Waals surface area contributed by atoms with E-state index in [1.165, 1.54) is 14.0 Å². The summed E-state index contributed by atoms with van der Waals surface area (Å²) in [4.78, 5) is 30.6. The number of amides is 1. The number of hydroxylamine groups is 2. The Labute approximate surface area is 135 Å². The fourth-order valence-electron chi connectivity index (χ4n) is 3.50. The zero-order chi connectivity index (χ0) is 16.6. The monoisotopic (exact) mass is 314 g/mol. The molecule has 3 rings (SSSR count). The van der Waals surface area contributed by atoms with Gasteiger partial charge in [0.05, 0.1) is 20.6 Å². The van der Waals surface area contributed by atoms with Gasteiger partial charge in [0.1, 0.15) is 0 Å². The molecule has 0 aromatic heterocycles. The van der Waals surface area contributed by atoms with Crippen molar-refractivity contribution in [3.05, 3.63) is 42.0 Å². The molecule has 0 N–H and O–H groups in total. The topological polar surface area (TPSA) is 52.6 Å². The molecule has 1 heterocycles. The molecular weight excluding hydrogens is 294 g/mol. The van der Waals surface area contributed by atoms with Crippen molar-refractivity contribution in [1.29, 1.82) is 0 Å². The SMILES string of the molecule is CO[N+](C(C)=O)(c1c(C)ccc2ccccc12)C1CCOC1=O. The molecule has 120 valence electrons. The van der Waals surface area contributed by atoms with Gasteiger partial charge in [0.2, 0.25) is 6.04 Å². The number of aryl methyl sites for hydroxylation is 1. The number of carbonyl (C=O) groups excluding carboxylic acids is 2. The summed E-state index contributed by atoms with van der Waals surface area (Å²) in [6, 6.07) is 11.1. The van der Waals surface area contributed by atoms with Crippen LogP contribution in [0.4, 0.5) is 5.69 Å². The minimum Gasteiger partial charge on any atom is -0.461 e. The molecule has 1 aliphatic heterocycles. The molecule has 0 spiro atoms. The second-order valence-corrected chi connectivity index (χ2v) is 5.78. The molecule has 1 amide bonds. The van der Waals surface area contributed by atoms with Gasteiger partial charge in [-0.1, -0.05) is 35.0 Å². The molecule has 1 saturated heterocycles. The summed E-state index contributed by atoms with van der Waals surface area (Å²) in [7, 11) is 1.47. The van der Waals surface area contributed by atoms with Crippen LogP contribution in [0.5, 0.6) is 0 Å². The van der Waals surface area contributed by atoms with Crippen molar-refractivity contribution in [3.8, 4) is 0 Å². The van der Waals surface area contributed by atoms with Crippen LogP contribution >= 0.6 is 0 Å². The first kappa shape index (κ1) is 15.6. The van der Waals surface area contributed by atoms with Crippen LogP contribution in [0.25, 0.3) is 10.8 Å². The summed E-state index contributed by atoms with van der Waals surface area (Å²) in [6.07, 6.45) is 0.453.